The molecular formula is C14H22N2W. The molecule has 0 amide bonds. The third kappa shape index (κ3) is 3.74. The van der Waals surface area contributed by atoms with E-state index in [1.165, 1.54) is 30.5 Å². The standard InChI is InChI=1S/C14H22N2.W/c1-13(2,3)10-8-11(14(4,5)6)12(15-7)16-9-10;/h7-9,16H,1-6H3;. The van der Waals surface area contributed by atoms with Crippen LogP contribution in [0.5, 0.6) is 0 Å². The van der Waals surface area contributed by atoms with Crippen LogP contribution >= 0.6 is 0 Å². The number of pyridine rings is 1. The Kier molecular flexibility index (Phi) is 4.30. The summed E-state index contributed by atoms with van der Waals surface area (Å²) in [4.78, 5) is 7.79. The van der Waals surface area contributed by atoms with Crippen LogP contribution in [-0.2, 0) is 30.2 Å². The van der Waals surface area contributed by atoms with Gasteiger partial charge in [-0.3, -0.25) is 0 Å². The summed E-state index contributed by atoms with van der Waals surface area (Å²) >= 11 is 1.37. The number of aromatic nitrogens is 1. The molecule has 0 saturated heterocycles. The Hall–Kier alpha value is -0.492. The molecule has 1 rings (SSSR count). The van der Waals surface area contributed by atoms with Crippen molar-refractivity contribution in [3.05, 3.63) is 28.9 Å². The molecule has 0 aliphatic carbocycles. The average molecular weight is 402 g/mol. The number of nitrogens with zero attached hydrogens (tertiary/aromatic N) is 1. The number of hydrogen-bond acceptors (Lipinski definition) is 1. The fourth-order valence-electron chi connectivity index (χ4n) is 1.65. The number of hydrogen-bond donors (Lipinski definition) is 1. The van der Waals surface area contributed by atoms with E-state index in [-0.39, 0.29) is 10.8 Å². The van der Waals surface area contributed by atoms with Gasteiger partial charge in [-0.15, -0.1) is 0 Å². The molecule has 1 aromatic heterocycles. The van der Waals surface area contributed by atoms with Crippen LogP contribution in [0.2, 0.25) is 0 Å². The Morgan fingerprint density at radius 1 is 1.12 bits per heavy atom. The van der Waals surface area contributed by atoms with Gasteiger partial charge in [-0.05, 0) is 0 Å². The molecule has 0 fully saturated rings. The zero-order chi connectivity index (χ0) is 13.3. The summed E-state index contributed by atoms with van der Waals surface area (Å²) in [6.07, 6.45) is 2.08. The minimum absolute atomic E-state index is 0.106. The first-order valence-electron chi connectivity index (χ1n) is 5.87. The predicted molar refractivity (Wildman–Crippen MR) is 69.8 cm³/mol. The Morgan fingerprint density at radius 2 is 1.71 bits per heavy atom. The second kappa shape index (κ2) is 5.02. The third-order valence-electron chi connectivity index (χ3n) is 2.78. The van der Waals surface area contributed by atoms with Gasteiger partial charge in [0, 0.05) is 0 Å². The number of H-pyrrole nitrogens is 1. The van der Waals surface area contributed by atoms with E-state index in [2.05, 4.69) is 63.8 Å². The van der Waals surface area contributed by atoms with E-state index >= 15 is 0 Å². The molecule has 1 N–H and O–H groups in total. The molecule has 0 radical (unpaired) electrons. The third-order valence-corrected chi connectivity index (χ3v) is 3.15. The molecule has 0 aliphatic heterocycles. The molecule has 0 saturated carbocycles. The van der Waals surface area contributed by atoms with Gasteiger partial charge in [-0.2, -0.15) is 0 Å². The van der Waals surface area contributed by atoms with E-state index in [0.29, 0.717) is 0 Å². The van der Waals surface area contributed by atoms with Crippen molar-refractivity contribution in [2.75, 3.05) is 0 Å². The predicted octanol–water partition coefficient (Wildman–Crippen LogP) is 2.82. The molecule has 0 aromatic carbocycles. The molecular weight excluding hydrogens is 380 g/mol. The van der Waals surface area contributed by atoms with Gasteiger partial charge in [-0.25, -0.2) is 0 Å². The summed E-state index contributed by atoms with van der Waals surface area (Å²) in [7, 11) is 0. The van der Waals surface area contributed by atoms with Crippen LogP contribution in [-0.4, -0.2) is 9.51 Å². The fourth-order valence-corrected chi connectivity index (χ4v) is 2.03. The van der Waals surface area contributed by atoms with Gasteiger partial charge in [0.2, 0.25) is 0 Å². The van der Waals surface area contributed by atoms with Crippen LogP contribution in [0.15, 0.2) is 17.3 Å². The molecule has 1 aromatic rings. The zero-order valence-corrected chi connectivity index (χ0v) is 14.5. The van der Waals surface area contributed by atoms with Crippen molar-refractivity contribution in [3.8, 4) is 0 Å². The van der Waals surface area contributed by atoms with Crippen molar-refractivity contribution in [2.45, 2.75) is 52.4 Å². The van der Waals surface area contributed by atoms with E-state index < -0.39 is 0 Å². The average Bonchev–Trinajstić information content (AvgIpc) is 2.15. The molecule has 94 valence electrons. The number of rotatable bonds is 1. The first kappa shape index (κ1) is 14.6. The maximum absolute atomic E-state index is 4.45. The van der Waals surface area contributed by atoms with Crippen LogP contribution in [0.3, 0.4) is 0 Å². The second-order valence-corrected chi connectivity index (χ2v) is 7.14. The molecule has 1 heterocycles. The van der Waals surface area contributed by atoms with Crippen LogP contribution in [0.25, 0.3) is 0 Å². The SMILES string of the molecule is CC(C)(C)c1c[nH]c(=N[CH]=[W])c(C(C)(C)C)c1. The molecule has 0 bridgehead atoms. The van der Waals surface area contributed by atoms with Gasteiger partial charge < -0.3 is 0 Å². The molecule has 0 unspecified atom stereocenters. The summed E-state index contributed by atoms with van der Waals surface area (Å²) in [5.74, 6) is 0. The summed E-state index contributed by atoms with van der Waals surface area (Å²) in [6, 6.07) is 2.29. The number of aromatic amines is 1. The fraction of sp³-hybridized carbons (Fsp3) is 0.571. The van der Waals surface area contributed by atoms with Gasteiger partial charge in [0.15, 0.2) is 0 Å². The van der Waals surface area contributed by atoms with Crippen LogP contribution in [0.4, 0.5) is 0 Å². The second-order valence-electron chi connectivity index (χ2n) is 6.39. The molecule has 0 spiro atoms. The van der Waals surface area contributed by atoms with Gasteiger partial charge in [-0.1, -0.05) is 0 Å². The molecule has 2 nitrogen and oxygen atoms in total. The van der Waals surface area contributed by atoms with Crippen LogP contribution in [0.1, 0.15) is 52.7 Å². The first-order valence-corrected chi connectivity index (χ1v) is 7.57. The van der Waals surface area contributed by atoms with Crippen molar-refractivity contribution < 1.29 is 19.4 Å². The van der Waals surface area contributed by atoms with Crippen molar-refractivity contribution in [3.63, 3.8) is 0 Å². The van der Waals surface area contributed by atoms with Crippen LogP contribution < -0.4 is 5.49 Å². The zero-order valence-electron chi connectivity index (χ0n) is 11.6. The Labute approximate surface area is 115 Å². The van der Waals surface area contributed by atoms with Gasteiger partial charge in [0.1, 0.15) is 0 Å². The van der Waals surface area contributed by atoms with Crippen LogP contribution in [0, 0.1) is 0 Å². The summed E-state index contributed by atoms with van der Waals surface area (Å²) in [6.45, 7) is 13.4. The van der Waals surface area contributed by atoms with Gasteiger partial charge in [0.25, 0.3) is 0 Å². The Balaban J connectivity index is 3.51. The van der Waals surface area contributed by atoms with Crippen molar-refractivity contribution >= 4 is 4.52 Å². The van der Waals surface area contributed by atoms with Gasteiger partial charge in [0.05, 0.1) is 0 Å². The normalized spacial score (nSPS) is 13.9. The van der Waals surface area contributed by atoms with E-state index in [0.717, 1.165) is 5.49 Å². The molecule has 17 heavy (non-hydrogen) atoms. The van der Waals surface area contributed by atoms with E-state index in [9.17, 15) is 0 Å². The Bertz CT molecular complexity index is 470. The molecule has 0 atom stereocenters. The monoisotopic (exact) mass is 402 g/mol. The number of nitrogens with one attached hydrogen (secondary N) is 1. The van der Waals surface area contributed by atoms with Gasteiger partial charge >= 0.3 is 115 Å². The van der Waals surface area contributed by atoms with E-state index in [1.807, 2.05) is 4.52 Å². The van der Waals surface area contributed by atoms with Crippen molar-refractivity contribution in [2.24, 2.45) is 4.99 Å². The van der Waals surface area contributed by atoms with Crippen molar-refractivity contribution in [1.29, 1.82) is 0 Å². The van der Waals surface area contributed by atoms with E-state index in [4.69, 9.17) is 0 Å². The van der Waals surface area contributed by atoms with E-state index in [1.54, 1.807) is 0 Å². The molecule has 3 heteroatoms. The quantitative estimate of drug-likeness (QED) is 0.749. The summed E-state index contributed by atoms with van der Waals surface area (Å²) in [5, 5.41) is 0. The van der Waals surface area contributed by atoms with Crippen molar-refractivity contribution in [1.82, 2.24) is 4.98 Å². The topological polar surface area (TPSA) is 28.1 Å². The summed E-state index contributed by atoms with van der Waals surface area (Å²) in [5.41, 5.74) is 3.86. The Morgan fingerprint density at radius 3 is 2.12 bits per heavy atom. The minimum atomic E-state index is 0.106. The maximum atomic E-state index is 4.45. The first-order chi connectivity index (χ1) is 7.66. The summed E-state index contributed by atoms with van der Waals surface area (Å²) < 4.78 is 1.91. The molecule has 0 aliphatic rings.